The van der Waals surface area contributed by atoms with Crippen molar-refractivity contribution in [3.05, 3.63) is 53.6 Å². The number of anilines is 3. The molecule has 0 aliphatic rings. The van der Waals surface area contributed by atoms with Crippen LogP contribution >= 0.6 is 11.6 Å². The molecule has 0 atom stereocenters. The van der Waals surface area contributed by atoms with E-state index in [1.165, 1.54) is 0 Å². The summed E-state index contributed by atoms with van der Waals surface area (Å²) in [6.07, 6.45) is 0.527. The minimum Gasteiger partial charge on any atom is -0.354 e. The molecule has 21 heavy (non-hydrogen) atoms. The van der Waals surface area contributed by atoms with Crippen LogP contribution in [0.5, 0.6) is 0 Å². The number of halogens is 1. The molecule has 3 nitrogen and oxygen atoms in total. The monoisotopic (exact) mass is 302 g/mol. The van der Waals surface area contributed by atoms with Gasteiger partial charge in [0.25, 0.3) is 0 Å². The van der Waals surface area contributed by atoms with E-state index >= 15 is 0 Å². The van der Waals surface area contributed by atoms with Gasteiger partial charge in [0.05, 0.1) is 10.7 Å². The van der Waals surface area contributed by atoms with E-state index in [2.05, 4.69) is 10.6 Å². The highest BCUT2D eigenvalue weighted by atomic mass is 35.5. The Kier molecular flexibility index (Phi) is 5.23. The summed E-state index contributed by atoms with van der Waals surface area (Å²) in [6.45, 7) is 4.05. The highest BCUT2D eigenvalue weighted by Crippen LogP contribution is 2.25. The third kappa shape index (κ3) is 4.80. The quantitative estimate of drug-likeness (QED) is 0.809. The maximum Gasteiger partial charge on any atom is 0.224 e. The van der Waals surface area contributed by atoms with Crippen molar-refractivity contribution in [2.24, 2.45) is 5.92 Å². The molecule has 1 amide bonds. The van der Waals surface area contributed by atoms with Crippen LogP contribution in [0.4, 0.5) is 17.1 Å². The van der Waals surface area contributed by atoms with E-state index < -0.39 is 0 Å². The molecule has 4 heteroatoms. The van der Waals surface area contributed by atoms with E-state index in [1.54, 1.807) is 0 Å². The Morgan fingerprint density at radius 1 is 1.05 bits per heavy atom. The number of nitrogens with one attached hydrogen (secondary N) is 2. The zero-order valence-corrected chi connectivity index (χ0v) is 12.9. The normalized spacial score (nSPS) is 10.5. The predicted octanol–water partition coefficient (Wildman–Crippen LogP) is 5.07. The number of hydrogen-bond donors (Lipinski definition) is 2. The van der Waals surface area contributed by atoms with Crippen molar-refractivity contribution in [1.82, 2.24) is 0 Å². The average Bonchev–Trinajstić information content (AvgIpc) is 2.42. The van der Waals surface area contributed by atoms with Crippen LogP contribution in [-0.2, 0) is 4.79 Å². The van der Waals surface area contributed by atoms with Crippen molar-refractivity contribution in [3.8, 4) is 0 Å². The van der Waals surface area contributed by atoms with Crippen molar-refractivity contribution in [2.75, 3.05) is 10.6 Å². The van der Waals surface area contributed by atoms with Crippen LogP contribution in [0, 0.1) is 5.92 Å². The molecule has 2 N–H and O–H groups in total. The molecule has 0 saturated heterocycles. The second-order valence-electron chi connectivity index (χ2n) is 5.33. The molecule has 0 aliphatic heterocycles. The number of carbonyl (C=O) groups is 1. The Labute approximate surface area is 130 Å². The number of amides is 1. The fourth-order valence-electron chi connectivity index (χ4n) is 1.94. The largest absolute Gasteiger partial charge is 0.354 e. The molecule has 0 bridgehead atoms. The number of hydrogen-bond acceptors (Lipinski definition) is 2. The summed E-state index contributed by atoms with van der Waals surface area (Å²) in [5, 5.41) is 6.80. The van der Waals surface area contributed by atoms with Gasteiger partial charge in [-0.05, 0) is 42.3 Å². The zero-order valence-electron chi connectivity index (χ0n) is 12.2. The van der Waals surface area contributed by atoms with Gasteiger partial charge in [-0.1, -0.05) is 37.6 Å². The van der Waals surface area contributed by atoms with Crippen LogP contribution in [-0.4, -0.2) is 5.91 Å². The van der Waals surface area contributed by atoms with Gasteiger partial charge in [0, 0.05) is 17.8 Å². The highest BCUT2D eigenvalue weighted by molar-refractivity contribution is 6.33. The third-order valence-electron chi connectivity index (χ3n) is 2.92. The lowest BCUT2D eigenvalue weighted by atomic mass is 10.1. The van der Waals surface area contributed by atoms with E-state index in [0.29, 0.717) is 17.4 Å². The molecule has 0 fully saturated rings. The Hall–Kier alpha value is -2.00. The van der Waals surface area contributed by atoms with Gasteiger partial charge in [-0.3, -0.25) is 4.79 Å². The summed E-state index contributed by atoms with van der Waals surface area (Å²) in [6, 6.07) is 15.1. The van der Waals surface area contributed by atoms with Crippen LogP contribution in [0.15, 0.2) is 48.5 Å². The van der Waals surface area contributed by atoms with Crippen molar-refractivity contribution in [1.29, 1.82) is 0 Å². The van der Waals surface area contributed by atoms with Gasteiger partial charge in [-0.15, -0.1) is 0 Å². The molecule has 0 radical (unpaired) electrons. The van der Waals surface area contributed by atoms with E-state index in [-0.39, 0.29) is 5.91 Å². The molecular weight excluding hydrogens is 284 g/mol. The molecule has 0 aliphatic carbocycles. The molecule has 0 saturated carbocycles. The SMILES string of the molecule is CC(C)CC(=O)Nc1ccc(Nc2ccccc2Cl)cc1. The van der Waals surface area contributed by atoms with Gasteiger partial charge < -0.3 is 10.6 Å². The highest BCUT2D eigenvalue weighted by Gasteiger charge is 2.05. The minimum absolute atomic E-state index is 0.0387. The lowest BCUT2D eigenvalue weighted by Gasteiger charge is -2.10. The number of benzene rings is 2. The molecule has 2 aromatic rings. The summed E-state index contributed by atoms with van der Waals surface area (Å²) in [5.74, 6) is 0.392. The summed E-state index contributed by atoms with van der Waals surface area (Å²) in [7, 11) is 0. The summed E-state index contributed by atoms with van der Waals surface area (Å²) >= 11 is 6.10. The van der Waals surface area contributed by atoms with E-state index in [4.69, 9.17) is 11.6 Å². The van der Waals surface area contributed by atoms with Gasteiger partial charge in [0.1, 0.15) is 0 Å². The summed E-state index contributed by atoms with van der Waals surface area (Å²) in [5.41, 5.74) is 2.58. The minimum atomic E-state index is 0.0387. The standard InChI is InChI=1S/C17H19ClN2O/c1-12(2)11-17(21)20-14-9-7-13(8-10-14)19-16-6-4-3-5-15(16)18/h3-10,12,19H,11H2,1-2H3,(H,20,21). The summed E-state index contributed by atoms with van der Waals surface area (Å²) < 4.78 is 0. The molecule has 2 rings (SSSR count). The lowest BCUT2D eigenvalue weighted by Crippen LogP contribution is -2.13. The lowest BCUT2D eigenvalue weighted by molar-refractivity contribution is -0.116. The second kappa shape index (κ2) is 7.14. The van der Waals surface area contributed by atoms with Crippen molar-refractivity contribution >= 4 is 34.6 Å². The maximum absolute atomic E-state index is 11.7. The summed E-state index contributed by atoms with van der Waals surface area (Å²) in [4.78, 5) is 11.7. The van der Waals surface area contributed by atoms with Gasteiger partial charge in [0.2, 0.25) is 5.91 Å². The Morgan fingerprint density at radius 3 is 2.29 bits per heavy atom. The number of rotatable bonds is 5. The topological polar surface area (TPSA) is 41.1 Å². The molecule has 110 valence electrons. The van der Waals surface area contributed by atoms with Gasteiger partial charge in [-0.25, -0.2) is 0 Å². The number of carbonyl (C=O) groups excluding carboxylic acids is 1. The van der Waals surface area contributed by atoms with Crippen molar-refractivity contribution in [2.45, 2.75) is 20.3 Å². The Balaban J connectivity index is 1.99. The zero-order chi connectivity index (χ0) is 15.2. The van der Waals surface area contributed by atoms with E-state index in [9.17, 15) is 4.79 Å². The molecule has 0 spiro atoms. The van der Waals surface area contributed by atoms with Crippen molar-refractivity contribution < 1.29 is 4.79 Å². The van der Waals surface area contributed by atoms with Crippen LogP contribution < -0.4 is 10.6 Å². The first-order valence-corrected chi connectivity index (χ1v) is 7.34. The average molecular weight is 303 g/mol. The molecule has 0 unspecified atom stereocenters. The van der Waals surface area contributed by atoms with Gasteiger partial charge in [-0.2, -0.15) is 0 Å². The van der Waals surface area contributed by atoms with Crippen LogP contribution in [0.1, 0.15) is 20.3 Å². The first kappa shape index (κ1) is 15.4. The predicted molar refractivity (Wildman–Crippen MR) is 89.3 cm³/mol. The Bertz CT molecular complexity index is 608. The molecule has 0 heterocycles. The maximum atomic E-state index is 11.7. The molecule has 2 aromatic carbocycles. The Morgan fingerprint density at radius 2 is 1.67 bits per heavy atom. The second-order valence-corrected chi connectivity index (χ2v) is 5.74. The van der Waals surface area contributed by atoms with E-state index in [0.717, 1.165) is 17.1 Å². The van der Waals surface area contributed by atoms with Crippen LogP contribution in [0.2, 0.25) is 5.02 Å². The first-order chi connectivity index (χ1) is 10.0. The number of para-hydroxylation sites is 1. The van der Waals surface area contributed by atoms with E-state index in [1.807, 2.05) is 62.4 Å². The first-order valence-electron chi connectivity index (χ1n) is 6.96. The van der Waals surface area contributed by atoms with Crippen molar-refractivity contribution in [3.63, 3.8) is 0 Å². The fourth-order valence-corrected chi connectivity index (χ4v) is 2.12. The molecular formula is C17H19ClN2O. The smallest absolute Gasteiger partial charge is 0.224 e. The fraction of sp³-hybridized carbons (Fsp3) is 0.235. The third-order valence-corrected chi connectivity index (χ3v) is 3.24. The van der Waals surface area contributed by atoms with Crippen LogP contribution in [0.3, 0.4) is 0 Å². The van der Waals surface area contributed by atoms with Crippen LogP contribution in [0.25, 0.3) is 0 Å². The molecule has 0 aromatic heterocycles. The van der Waals surface area contributed by atoms with Gasteiger partial charge >= 0.3 is 0 Å². The van der Waals surface area contributed by atoms with Gasteiger partial charge in [0.15, 0.2) is 0 Å².